The van der Waals surface area contributed by atoms with E-state index in [0.29, 0.717) is 0 Å². The zero-order valence-corrected chi connectivity index (χ0v) is 6.26. The molecule has 60 valence electrons. The maximum absolute atomic E-state index is 10.8. The average molecular weight is 153 g/mol. The lowest BCUT2D eigenvalue weighted by molar-refractivity contribution is -0.120. The zero-order chi connectivity index (χ0) is 8.10. The first-order valence-corrected chi connectivity index (χ1v) is 3.72. The molecular weight excluding hydrogens is 142 g/mol. The Labute approximate surface area is 65.6 Å². The second-order valence-electron chi connectivity index (χ2n) is 2.55. The van der Waals surface area contributed by atoms with Crippen LogP contribution in [0.5, 0.6) is 0 Å². The maximum Gasteiger partial charge on any atom is 0.235 e. The normalized spacial score (nSPS) is 22.6. The van der Waals surface area contributed by atoms with Crippen LogP contribution in [0, 0.1) is 11.3 Å². The molecule has 1 fully saturated rings. The first-order chi connectivity index (χ1) is 5.33. The largest absolute Gasteiger partial charge is 0.340 e. The molecule has 1 rings (SSSR count). The smallest absolute Gasteiger partial charge is 0.235 e. The highest BCUT2D eigenvalue weighted by Gasteiger charge is 2.15. The van der Waals surface area contributed by atoms with Crippen molar-refractivity contribution in [2.75, 3.05) is 6.54 Å². The topological polar surface area (TPSA) is 64.9 Å². The van der Waals surface area contributed by atoms with Gasteiger partial charge in [-0.3, -0.25) is 10.1 Å². The molecule has 0 spiro atoms. The van der Waals surface area contributed by atoms with Crippen LogP contribution in [0.1, 0.15) is 19.3 Å². The fourth-order valence-electron chi connectivity index (χ4n) is 1.12. The third-order valence-corrected chi connectivity index (χ3v) is 1.64. The summed E-state index contributed by atoms with van der Waals surface area (Å²) in [6.07, 6.45) is 2.11. The first kappa shape index (κ1) is 8.02. The SMILES string of the molecule is N#CCC(=O)NC1CCCN1. The van der Waals surface area contributed by atoms with Gasteiger partial charge in [-0.25, -0.2) is 0 Å². The van der Waals surface area contributed by atoms with Crippen LogP contribution in [0.3, 0.4) is 0 Å². The molecule has 1 heterocycles. The van der Waals surface area contributed by atoms with Crippen LogP contribution >= 0.6 is 0 Å². The minimum atomic E-state index is -0.188. The van der Waals surface area contributed by atoms with E-state index < -0.39 is 0 Å². The fourth-order valence-corrected chi connectivity index (χ4v) is 1.12. The van der Waals surface area contributed by atoms with Gasteiger partial charge in [-0.1, -0.05) is 0 Å². The van der Waals surface area contributed by atoms with Gasteiger partial charge < -0.3 is 5.32 Å². The molecule has 1 saturated heterocycles. The number of carbonyl (C=O) groups excluding carboxylic acids is 1. The summed E-state index contributed by atoms with van der Waals surface area (Å²) in [6, 6.07) is 1.80. The van der Waals surface area contributed by atoms with Crippen molar-refractivity contribution in [2.45, 2.75) is 25.4 Å². The van der Waals surface area contributed by atoms with Crippen LogP contribution in [-0.2, 0) is 4.79 Å². The van der Waals surface area contributed by atoms with E-state index in [1.807, 2.05) is 0 Å². The summed E-state index contributed by atoms with van der Waals surface area (Å²) < 4.78 is 0. The molecule has 11 heavy (non-hydrogen) atoms. The molecule has 0 aromatic rings. The van der Waals surface area contributed by atoms with Crippen molar-refractivity contribution in [3.05, 3.63) is 0 Å². The third kappa shape index (κ3) is 2.56. The minimum absolute atomic E-state index is 0.0435. The number of hydrogen-bond acceptors (Lipinski definition) is 3. The molecule has 0 aromatic carbocycles. The van der Waals surface area contributed by atoms with Crippen LogP contribution in [0.2, 0.25) is 0 Å². The van der Waals surface area contributed by atoms with E-state index in [0.717, 1.165) is 19.4 Å². The van der Waals surface area contributed by atoms with Crippen molar-refractivity contribution >= 4 is 5.91 Å². The summed E-state index contributed by atoms with van der Waals surface area (Å²) in [7, 11) is 0. The predicted molar refractivity (Wildman–Crippen MR) is 39.4 cm³/mol. The van der Waals surface area contributed by atoms with Crippen LogP contribution in [0.4, 0.5) is 0 Å². The number of amides is 1. The molecule has 1 aliphatic heterocycles. The van der Waals surface area contributed by atoms with E-state index >= 15 is 0 Å². The maximum atomic E-state index is 10.8. The van der Waals surface area contributed by atoms with E-state index in [2.05, 4.69) is 10.6 Å². The van der Waals surface area contributed by atoms with E-state index in [9.17, 15) is 4.79 Å². The highest BCUT2D eigenvalue weighted by Crippen LogP contribution is 2.01. The van der Waals surface area contributed by atoms with Gasteiger partial charge in [0.15, 0.2) is 0 Å². The summed E-state index contributed by atoms with van der Waals surface area (Å²) in [5.74, 6) is -0.188. The lowest BCUT2D eigenvalue weighted by Crippen LogP contribution is -2.40. The average Bonchev–Trinajstić information content (AvgIpc) is 2.40. The van der Waals surface area contributed by atoms with Crippen LogP contribution < -0.4 is 10.6 Å². The van der Waals surface area contributed by atoms with Crippen molar-refractivity contribution in [2.24, 2.45) is 0 Å². The summed E-state index contributed by atoms with van der Waals surface area (Å²) in [4.78, 5) is 10.8. The van der Waals surface area contributed by atoms with E-state index in [4.69, 9.17) is 5.26 Å². The number of nitrogens with one attached hydrogen (secondary N) is 2. The fraction of sp³-hybridized carbons (Fsp3) is 0.714. The van der Waals surface area contributed by atoms with Crippen molar-refractivity contribution < 1.29 is 4.79 Å². The Morgan fingerprint density at radius 3 is 3.18 bits per heavy atom. The molecule has 0 saturated carbocycles. The number of rotatable bonds is 2. The standard InChI is InChI=1S/C7H11N3O/c8-4-3-7(11)10-6-2-1-5-9-6/h6,9H,1-3,5H2,(H,10,11). The Balaban J connectivity index is 2.19. The first-order valence-electron chi connectivity index (χ1n) is 3.72. The van der Waals surface area contributed by atoms with Gasteiger partial charge >= 0.3 is 0 Å². The van der Waals surface area contributed by atoms with Gasteiger partial charge in [0.05, 0.1) is 12.2 Å². The number of nitriles is 1. The number of nitrogens with zero attached hydrogens (tertiary/aromatic N) is 1. The highest BCUT2D eigenvalue weighted by molar-refractivity contribution is 5.78. The van der Waals surface area contributed by atoms with E-state index in [-0.39, 0.29) is 18.5 Å². The molecule has 4 heteroatoms. The molecule has 1 atom stereocenters. The van der Waals surface area contributed by atoms with E-state index in [1.54, 1.807) is 6.07 Å². The Hall–Kier alpha value is -1.08. The predicted octanol–water partition coefficient (Wildman–Crippen LogP) is -0.274. The zero-order valence-electron chi connectivity index (χ0n) is 6.26. The molecule has 1 amide bonds. The summed E-state index contributed by atoms with van der Waals surface area (Å²) >= 11 is 0. The second kappa shape index (κ2) is 3.94. The van der Waals surface area contributed by atoms with Crippen molar-refractivity contribution in [3.8, 4) is 6.07 Å². The minimum Gasteiger partial charge on any atom is -0.340 e. The van der Waals surface area contributed by atoms with Crippen LogP contribution in [-0.4, -0.2) is 18.6 Å². The Kier molecular flexibility index (Phi) is 2.87. The number of carbonyl (C=O) groups is 1. The second-order valence-corrected chi connectivity index (χ2v) is 2.55. The van der Waals surface area contributed by atoms with Gasteiger partial charge in [0, 0.05) is 0 Å². The molecule has 1 aliphatic rings. The monoisotopic (exact) mass is 153 g/mol. The van der Waals surface area contributed by atoms with E-state index in [1.165, 1.54) is 0 Å². The van der Waals surface area contributed by atoms with Crippen molar-refractivity contribution in [1.82, 2.24) is 10.6 Å². The lowest BCUT2D eigenvalue weighted by Gasteiger charge is -2.10. The molecule has 4 nitrogen and oxygen atoms in total. The van der Waals surface area contributed by atoms with Crippen LogP contribution in [0.25, 0.3) is 0 Å². The lowest BCUT2D eigenvalue weighted by atomic mass is 10.3. The van der Waals surface area contributed by atoms with Gasteiger partial charge in [0.2, 0.25) is 5.91 Å². The summed E-state index contributed by atoms with van der Waals surface area (Å²) in [5.41, 5.74) is 0. The van der Waals surface area contributed by atoms with Crippen LogP contribution in [0.15, 0.2) is 0 Å². The molecule has 0 bridgehead atoms. The summed E-state index contributed by atoms with van der Waals surface area (Å²) in [5, 5.41) is 14.0. The molecular formula is C7H11N3O. The van der Waals surface area contributed by atoms with Crippen molar-refractivity contribution in [1.29, 1.82) is 5.26 Å². The quantitative estimate of drug-likeness (QED) is 0.573. The Morgan fingerprint density at radius 1 is 1.82 bits per heavy atom. The van der Waals surface area contributed by atoms with Crippen molar-refractivity contribution in [3.63, 3.8) is 0 Å². The van der Waals surface area contributed by atoms with Gasteiger partial charge in [-0.15, -0.1) is 0 Å². The Bertz CT molecular complexity index is 179. The van der Waals surface area contributed by atoms with Gasteiger partial charge in [0.25, 0.3) is 0 Å². The molecule has 0 aromatic heterocycles. The van der Waals surface area contributed by atoms with Gasteiger partial charge in [-0.2, -0.15) is 5.26 Å². The van der Waals surface area contributed by atoms with Gasteiger partial charge in [0.1, 0.15) is 6.42 Å². The Morgan fingerprint density at radius 2 is 2.64 bits per heavy atom. The van der Waals surface area contributed by atoms with Gasteiger partial charge in [-0.05, 0) is 19.4 Å². The molecule has 0 aliphatic carbocycles. The molecule has 2 N–H and O–H groups in total. The number of hydrogen-bond donors (Lipinski definition) is 2. The molecule has 0 radical (unpaired) electrons. The highest BCUT2D eigenvalue weighted by atomic mass is 16.1. The molecule has 1 unspecified atom stereocenters. The third-order valence-electron chi connectivity index (χ3n) is 1.64. The summed E-state index contributed by atoms with van der Waals surface area (Å²) in [6.45, 7) is 0.956.